The Morgan fingerprint density at radius 1 is 1.22 bits per heavy atom. The van der Waals surface area contributed by atoms with Crippen LogP contribution < -0.4 is 5.73 Å². The molecule has 0 saturated carbocycles. The molecule has 2 N–H and O–H groups in total. The maximum absolute atomic E-state index is 11.8. The molecule has 0 aromatic heterocycles. The number of hydrogen-bond donors (Lipinski definition) is 1. The van der Waals surface area contributed by atoms with Gasteiger partial charge in [0.2, 0.25) is 0 Å². The summed E-state index contributed by atoms with van der Waals surface area (Å²) in [5.74, 6) is -0.609. The van der Waals surface area contributed by atoms with Crippen molar-refractivity contribution in [3.8, 4) is 0 Å². The van der Waals surface area contributed by atoms with Crippen LogP contribution >= 0.6 is 0 Å². The van der Waals surface area contributed by atoms with Crippen molar-refractivity contribution in [1.29, 1.82) is 0 Å². The largest absolute Gasteiger partial charge is 0.329 e. The van der Waals surface area contributed by atoms with E-state index in [1.165, 1.54) is 0 Å². The molecule has 1 rings (SSSR count). The van der Waals surface area contributed by atoms with Gasteiger partial charge in [0.15, 0.2) is 15.6 Å². The van der Waals surface area contributed by atoms with E-state index in [9.17, 15) is 13.2 Å². The van der Waals surface area contributed by atoms with Crippen LogP contribution in [0.15, 0.2) is 24.3 Å². The second-order valence-electron chi connectivity index (χ2n) is 4.58. The summed E-state index contributed by atoms with van der Waals surface area (Å²) in [5.41, 5.74) is 6.74. The first-order valence-electron chi connectivity index (χ1n) is 5.89. The highest BCUT2D eigenvalue weighted by atomic mass is 32.2. The quantitative estimate of drug-likeness (QED) is 0.791. The Bertz CT molecular complexity index is 504. The van der Waals surface area contributed by atoms with E-state index in [2.05, 4.69) is 13.8 Å². The molecule has 0 saturated heterocycles. The molecule has 1 aromatic rings. The third kappa shape index (κ3) is 4.23. The summed E-state index contributed by atoms with van der Waals surface area (Å²) in [7, 11) is -3.38. The number of nitrogens with two attached hydrogens (primary N) is 1. The highest BCUT2D eigenvalue weighted by Gasteiger charge is 2.17. The van der Waals surface area contributed by atoms with Gasteiger partial charge in [-0.15, -0.1) is 0 Å². The van der Waals surface area contributed by atoms with Crippen molar-refractivity contribution in [2.45, 2.75) is 19.8 Å². The molecule has 5 heteroatoms. The molecule has 18 heavy (non-hydrogen) atoms. The third-order valence-corrected chi connectivity index (χ3v) is 4.24. The van der Waals surface area contributed by atoms with Crippen molar-refractivity contribution >= 4 is 15.6 Å². The van der Waals surface area contributed by atoms with Crippen LogP contribution in [0.4, 0.5) is 0 Å². The van der Waals surface area contributed by atoms with E-state index in [4.69, 9.17) is 5.73 Å². The molecule has 0 aliphatic heterocycles. The SMILES string of the molecule is CC(C)c1ccc(C(=O)CS(=O)(=O)CCN)cc1. The molecular formula is C13H19NO3S. The molecule has 0 radical (unpaired) electrons. The fourth-order valence-corrected chi connectivity index (χ4v) is 2.66. The van der Waals surface area contributed by atoms with Crippen molar-refractivity contribution in [1.82, 2.24) is 0 Å². The minimum atomic E-state index is -3.38. The van der Waals surface area contributed by atoms with E-state index < -0.39 is 15.6 Å². The normalized spacial score (nSPS) is 11.8. The number of hydrogen-bond acceptors (Lipinski definition) is 4. The maximum Gasteiger partial charge on any atom is 0.177 e. The standard InChI is InChI=1S/C13H19NO3S/c1-10(2)11-3-5-12(6-4-11)13(15)9-18(16,17)8-7-14/h3-6,10H,7-9,14H2,1-2H3. The predicted molar refractivity (Wildman–Crippen MR) is 72.6 cm³/mol. The molecule has 0 heterocycles. The van der Waals surface area contributed by atoms with Crippen molar-refractivity contribution in [2.75, 3.05) is 18.1 Å². The maximum atomic E-state index is 11.8. The Morgan fingerprint density at radius 2 is 1.78 bits per heavy atom. The smallest absolute Gasteiger partial charge is 0.177 e. The van der Waals surface area contributed by atoms with Gasteiger partial charge in [-0.05, 0) is 11.5 Å². The zero-order valence-electron chi connectivity index (χ0n) is 10.7. The van der Waals surface area contributed by atoms with Crippen LogP contribution in [-0.4, -0.2) is 32.3 Å². The molecule has 0 aliphatic carbocycles. The summed E-state index contributed by atoms with van der Waals surface area (Å²) in [4.78, 5) is 11.8. The van der Waals surface area contributed by atoms with Crippen molar-refractivity contribution in [3.63, 3.8) is 0 Å². The molecule has 1 aromatic carbocycles. The van der Waals surface area contributed by atoms with Gasteiger partial charge in [0.1, 0.15) is 5.75 Å². The molecule has 4 nitrogen and oxygen atoms in total. The van der Waals surface area contributed by atoms with Crippen LogP contribution in [0.2, 0.25) is 0 Å². The Kier molecular flexibility index (Phi) is 5.04. The molecule has 100 valence electrons. The molecule has 0 unspecified atom stereocenters. The van der Waals surface area contributed by atoms with E-state index in [-0.39, 0.29) is 18.1 Å². The minimum absolute atomic E-state index is 0.0436. The van der Waals surface area contributed by atoms with E-state index >= 15 is 0 Å². The predicted octanol–water partition coefficient (Wildman–Crippen LogP) is 1.37. The zero-order valence-corrected chi connectivity index (χ0v) is 11.5. The number of rotatable bonds is 6. The first-order valence-corrected chi connectivity index (χ1v) is 7.71. The van der Waals surface area contributed by atoms with Crippen molar-refractivity contribution in [2.24, 2.45) is 5.73 Å². The van der Waals surface area contributed by atoms with Crippen LogP contribution in [0.5, 0.6) is 0 Å². The number of carbonyl (C=O) groups excluding carboxylic acids is 1. The lowest BCUT2D eigenvalue weighted by Gasteiger charge is -2.06. The van der Waals surface area contributed by atoms with Gasteiger partial charge >= 0.3 is 0 Å². The molecule has 0 spiro atoms. The van der Waals surface area contributed by atoms with Gasteiger partial charge in [-0.25, -0.2) is 8.42 Å². The highest BCUT2D eigenvalue weighted by molar-refractivity contribution is 7.92. The molecule has 0 atom stereocenters. The van der Waals surface area contributed by atoms with E-state index in [1.54, 1.807) is 12.1 Å². The topological polar surface area (TPSA) is 77.2 Å². The second kappa shape index (κ2) is 6.11. The lowest BCUT2D eigenvalue weighted by molar-refractivity contribution is 0.102. The average Bonchev–Trinajstić information content (AvgIpc) is 2.28. The summed E-state index contributed by atoms with van der Waals surface area (Å²) in [6.45, 7) is 4.16. The van der Waals surface area contributed by atoms with Crippen molar-refractivity contribution in [3.05, 3.63) is 35.4 Å². The summed E-state index contributed by atoms with van der Waals surface area (Å²) in [5, 5.41) is 0. The highest BCUT2D eigenvalue weighted by Crippen LogP contribution is 2.15. The van der Waals surface area contributed by atoms with Gasteiger partial charge in [0, 0.05) is 12.1 Å². The van der Waals surface area contributed by atoms with Gasteiger partial charge in [-0.1, -0.05) is 38.1 Å². The zero-order chi connectivity index (χ0) is 13.8. The molecular weight excluding hydrogens is 250 g/mol. The number of benzene rings is 1. The van der Waals surface area contributed by atoms with Crippen molar-refractivity contribution < 1.29 is 13.2 Å². The Morgan fingerprint density at radius 3 is 2.22 bits per heavy atom. The summed E-state index contributed by atoms with van der Waals surface area (Å²) in [6.07, 6.45) is 0. The Hall–Kier alpha value is -1.20. The van der Waals surface area contributed by atoms with Crippen LogP contribution in [0, 0.1) is 0 Å². The fraction of sp³-hybridized carbons (Fsp3) is 0.462. The lowest BCUT2D eigenvalue weighted by Crippen LogP contribution is -2.23. The van der Waals surface area contributed by atoms with Gasteiger partial charge in [0.25, 0.3) is 0 Å². The molecule has 0 bridgehead atoms. The third-order valence-electron chi connectivity index (χ3n) is 2.68. The van der Waals surface area contributed by atoms with Crippen LogP contribution in [0.3, 0.4) is 0 Å². The second-order valence-corrected chi connectivity index (χ2v) is 6.76. The Labute approximate surface area is 108 Å². The summed E-state index contributed by atoms with van der Waals surface area (Å²) in [6, 6.07) is 7.06. The molecule has 0 amide bonds. The van der Waals surface area contributed by atoms with Crippen LogP contribution in [0.25, 0.3) is 0 Å². The molecule has 0 aliphatic rings. The summed E-state index contributed by atoms with van der Waals surface area (Å²) < 4.78 is 23.0. The van der Waals surface area contributed by atoms with Gasteiger partial charge < -0.3 is 5.73 Å². The first kappa shape index (κ1) is 14.9. The monoisotopic (exact) mass is 269 g/mol. The lowest BCUT2D eigenvalue weighted by atomic mass is 10.0. The Balaban J connectivity index is 2.79. The van der Waals surface area contributed by atoms with Gasteiger partial charge in [-0.2, -0.15) is 0 Å². The van der Waals surface area contributed by atoms with E-state index in [1.807, 2.05) is 12.1 Å². The fourth-order valence-electron chi connectivity index (χ4n) is 1.59. The van der Waals surface area contributed by atoms with Crippen LogP contribution in [0.1, 0.15) is 35.7 Å². The number of sulfone groups is 1. The minimum Gasteiger partial charge on any atom is -0.329 e. The van der Waals surface area contributed by atoms with E-state index in [0.717, 1.165) is 5.56 Å². The van der Waals surface area contributed by atoms with E-state index in [0.29, 0.717) is 11.5 Å². The number of Topliss-reactive ketones (excluding diaryl/α,β-unsaturated/α-hetero) is 1. The van der Waals surface area contributed by atoms with Gasteiger partial charge in [-0.3, -0.25) is 4.79 Å². The first-order chi connectivity index (χ1) is 8.35. The molecule has 0 fully saturated rings. The van der Waals surface area contributed by atoms with Crippen LogP contribution in [-0.2, 0) is 9.84 Å². The number of ketones is 1. The van der Waals surface area contributed by atoms with Gasteiger partial charge in [0.05, 0.1) is 5.75 Å². The number of carbonyl (C=O) groups is 1. The summed E-state index contributed by atoms with van der Waals surface area (Å²) >= 11 is 0. The average molecular weight is 269 g/mol.